The quantitative estimate of drug-likeness (QED) is 0.629. The number of hydrogen-bond donors (Lipinski definition) is 2. The van der Waals surface area contributed by atoms with Gasteiger partial charge in [-0.15, -0.1) is 11.6 Å². The molecular formula is C19H23ClO5. The summed E-state index contributed by atoms with van der Waals surface area (Å²) < 4.78 is 16.6. The van der Waals surface area contributed by atoms with Crippen LogP contribution in [0.5, 0.6) is 23.0 Å². The second kappa shape index (κ2) is 10.1. The largest absolute Gasteiger partial charge is 0.491 e. The Bertz CT molecular complexity index is 559. The van der Waals surface area contributed by atoms with Crippen LogP contribution in [0.3, 0.4) is 0 Å². The van der Waals surface area contributed by atoms with E-state index in [1.54, 1.807) is 48.5 Å². The van der Waals surface area contributed by atoms with E-state index in [0.29, 0.717) is 29.4 Å². The zero-order valence-electron chi connectivity index (χ0n) is 14.1. The summed E-state index contributed by atoms with van der Waals surface area (Å²) in [4.78, 5) is 0. The van der Waals surface area contributed by atoms with E-state index in [2.05, 4.69) is 0 Å². The fourth-order valence-corrected chi connectivity index (χ4v) is 1.98. The molecule has 0 saturated heterocycles. The Morgan fingerprint density at radius 3 is 1.56 bits per heavy atom. The predicted octanol–water partition coefficient (Wildman–Crippen LogP) is 3.61. The summed E-state index contributed by atoms with van der Waals surface area (Å²) in [6, 6.07) is 14.3. The predicted molar refractivity (Wildman–Crippen MR) is 97.0 cm³/mol. The number of aliphatic hydroxyl groups is 2. The third kappa shape index (κ3) is 6.82. The monoisotopic (exact) mass is 366 g/mol. The van der Waals surface area contributed by atoms with Gasteiger partial charge in [0.25, 0.3) is 0 Å². The van der Waals surface area contributed by atoms with Crippen molar-refractivity contribution in [2.75, 3.05) is 19.1 Å². The molecule has 0 spiro atoms. The molecule has 2 N–H and O–H groups in total. The Labute approximate surface area is 152 Å². The summed E-state index contributed by atoms with van der Waals surface area (Å²) >= 11 is 5.52. The van der Waals surface area contributed by atoms with Crippen LogP contribution in [0.15, 0.2) is 48.5 Å². The molecule has 0 saturated carbocycles. The van der Waals surface area contributed by atoms with Gasteiger partial charge in [-0.05, 0) is 55.0 Å². The minimum Gasteiger partial charge on any atom is -0.491 e. The Morgan fingerprint density at radius 1 is 0.760 bits per heavy atom. The van der Waals surface area contributed by atoms with E-state index >= 15 is 0 Å². The minimum absolute atomic E-state index is 0.137. The molecule has 25 heavy (non-hydrogen) atoms. The number of ether oxygens (including phenoxy) is 3. The third-order valence-corrected chi connectivity index (χ3v) is 3.77. The molecule has 0 aliphatic rings. The van der Waals surface area contributed by atoms with Crippen LogP contribution in [0.25, 0.3) is 0 Å². The highest BCUT2D eigenvalue weighted by atomic mass is 35.5. The topological polar surface area (TPSA) is 68.2 Å². The molecule has 136 valence electrons. The molecule has 2 aromatic rings. The zero-order chi connectivity index (χ0) is 18.1. The number of halogens is 1. The second-order valence-corrected chi connectivity index (χ2v) is 5.85. The molecule has 2 unspecified atom stereocenters. The lowest BCUT2D eigenvalue weighted by atomic mass is 10.3. The first-order chi connectivity index (χ1) is 12.1. The van der Waals surface area contributed by atoms with Crippen molar-refractivity contribution in [3.8, 4) is 23.0 Å². The van der Waals surface area contributed by atoms with Gasteiger partial charge in [0.15, 0.2) is 0 Å². The third-order valence-electron chi connectivity index (χ3n) is 3.42. The molecule has 0 aromatic heterocycles. The van der Waals surface area contributed by atoms with Crippen molar-refractivity contribution < 1.29 is 24.4 Å². The molecule has 2 rings (SSSR count). The van der Waals surface area contributed by atoms with Crippen molar-refractivity contribution in [1.82, 2.24) is 0 Å². The lowest BCUT2D eigenvalue weighted by Gasteiger charge is -2.12. The van der Waals surface area contributed by atoms with Gasteiger partial charge in [-0.1, -0.05) is 6.92 Å². The maximum absolute atomic E-state index is 9.49. The van der Waals surface area contributed by atoms with Crippen LogP contribution in [0.1, 0.15) is 13.3 Å². The smallest absolute Gasteiger partial charge is 0.127 e. The fraction of sp³-hybridized carbons (Fsp3) is 0.368. The van der Waals surface area contributed by atoms with E-state index in [1.165, 1.54) is 0 Å². The Kier molecular flexibility index (Phi) is 7.85. The van der Waals surface area contributed by atoms with E-state index in [0.717, 1.165) is 0 Å². The summed E-state index contributed by atoms with van der Waals surface area (Å²) in [5.74, 6) is 2.80. The molecule has 0 amide bonds. The molecule has 5 nitrogen and oxygen atoms in total. The average Bonchev–Trinajstić information content (AvgIpc) is 2.66. The molecule has 0 heterocycles. The van der Waals surface area contributed by atoms with E-state index in [1.807, 2.05) is 6.92 Å². The normalized spacial score (nSPS) is 13.1. The van der Waals surface area contributed by atoms with Crippen molar-refractivity contribution >= 4 is 11.6 Å². The van der Waals surface area contributed by atoms with Gasteiger partial charge in [0.1, 0.15) is 42.3 Å². The van der Waals surface area contributed by atoms with Gasteiger partial charge in [-0.2, -0.15) is 0 Å². The number of rotatable bonds is 10. The van der Waals surface area contributed by atoms with Crippen molar-refractivity contribution in [3.05, 3.63) is 48.5 Å². The van der Waals surface area contributed by atoms with Gasteiger partial charge >= 0.3 is 0 Å². The first-order valence-electron chi connectivity index (χ1n) is 8.16. The first kappa shape index (κ1) is 19.4. The zero-order valence-corrected chi connectivity index (χ0v) is 14.9. The van der Waals surface area contributed by atoms with Gasteiger partial charge in [0.2, 0.25) is 0 Å². The highest BCUT2D eigenvalue weighted by Crippen LogP contribution is 2.25. The van der Waals surface area contributed by atoms with Crippen molar-refractivity contribution in [2.45, 2.75) is 25.6 Å². The van der Waals surface area contributed by atoms with Crippen molar-refractivity contribution in [3.63, 3.8) is 0 Å². The van der Waals surface area contributed by atoms with Gasteiger partial charge in [0.05, 0.1) is 12.0 Å². The van der Waals surface area contributed by atoms with Crippen LogP contribution in [-0.2, 0) is 0 Å². The lowest BCUT2D eigenvalue weighted by Crippen LogP contribution is -2.18. The SMILES string of the molecule is CCC(O)COc1ccc(Oc2ccc(OCC(O)CCl)cc2)cc1. The minimum atomic E-state index is -0.684. The molecule has 0 fully saturated rings. The fourth-order valence-electron chi connectivity index (χ4n) is 1.89. The van der Waals surface area contributed by atoms with Crippen LogP contribution in [0, 0.1) is 0 Å². The number of benzene rings is 2. The number of alkyl halides is 1. The highest BCUT2D eigenvalue weighted by Gasteiger charge is 2.05. The van der Waals surface area contributed by atoms with Crippen LogP contribution < -0.4 is 14.2 Å². The summed E-state index contributed by atoms with van der Waals surface area (Å²) in [6.45, 7) is 2.33. The maximum atomic E-state index is 9.49. The Hall–Kier alpha value is -1.95. The summed E-state index contributed by atoms with van der Waals surface area (Å²) in [5.41, 5.74) is 0. The number of hydrogen-bond acceptors (Lipinski definition) is 5. The maximum Gasteiger partial charge on any atom is 0.127 e. The molecule has 0 aliphatic carbocycles. The Balaban J connectivity index is 1.85. The van der Waals surface area contributed by atoms with E-state index in [9.17, 15) is 10.2 Å². The number of aliphatic hydroxyl groups excluding tert-OH is 2. The molecule has 0 radical (unpaired) electrons. The first-order valence-corrected chi connectivity index (χ1v) is 8.69. The molecule has 0 bridgehead atoms. The van der Waals surface area contributed by atoms with Gasteiger partial charge in [-0.25, -0.2) is 0 Å². The van der Waals surface area contributed by atoms with Crippen LogP contribution >= 0.6 is 11.6 Å². The van der Waals surface area contributed by atoms with Gasteiger partial charge in [-0.3, -0.25) is 0 Å². The second-order valence-electron chi connectivity index (χ2n) is 5.54. The van der Waals surface area contributed by atoms with Crippen LogP contribution in [0.4, 0.5) is 0 Å². The average molecular weight is 367 g/mol. The van der Waals surface area contributed by atoms with E-state index < -0.39 is 12.2 Å². The van der Waals surface area contributed by atoms with Crippen LogP contribution in [-0.4, -0.2) is 41.5 Å². The molecular weight excluding hydrogens is 344 g/mol. The molecule has 2 atom stereocenters. The van der Waals surface area contributed by atoms with Gasteiger partial charge in [0, 0.05) is 0 Å². The van der Waals surface area contributed by atoms with Crippen LogP contribution in [0.2, 0.25) is 0 Å². The van der Waals surface area contributed by atoms with Crippen molar-refractivity contribution in [1.29, 1.82) is 0 Å². The summed E-state index contributed by atoms with van der Waals surface area (Å²) in [7, 11) is 0. The Morgan fingerprint density at radius 2 is 1.16 bits per heavy atom. The summed E-state index contributed by atoms with van der Waals surface area (Å²) in [5, 5.41) is 18.9. The van der Waals surface area contributed by atoms with Gasteiger partial charge < -0.3 is 24.4 Å². The van der Waals surface area contributed by atoms with E-state index in [4.69, 9.17) is 25.8 Å². The van der Waals surface area contributed by atoms with Crippen molar-refractivity contribution in [2.24, 2.45) is 0 Å². The molecule has 2 aromatic carbocycles. The standard InChI is InChI=1S/C19H23ClO5/c1-2-14(21)12-23-16-3-7-18(8-4-16)25-19-9-5-17(6-10-19)24-13-15(22)11-20/h3-10,14-15,21-22H,2,11-13H2,1H3. The lowest BCUT2D eigenvalue weighted by molar-refractivity contribution is 0.104. The molecule has 6 heteroatoms. The van der Waals surface area contributed by atoms with E-state index in [-0.39, 0.29) is 19.1 Å². The molecule has 0 aliphatic heterocycles. The summed E-state index contributed by atoms with van der Waals surface area (Å²) in [6.07, 6.45) is -0.481. The highest BCUT2D eigenvalue weighted by molar-refractivity contribution is 6.18.